The van der Waals surface area contributed by atoms with Crippen molar-refractivity contribution in [3.8, 4) is 0 Å². The van der Waals surface area contributed by atoms with Crippen LogP contribution < -0.4 is 10.6 Å². The second-order valence-electron chi connectivity index (χ2n) is 4.52. The lowest BCUT2D eigenvalue weighted by Gasteiger charge is -2.06. The van der Waals surface area contributed by atoms with Gasteiger partial charge in [0.05, 0.1) is 10.0 Å². The van der Waals surface area contributed by atoms with E-state index in [4.69, 9.17) is 23.2 Å². The maximum atomic E-state index is 11.4. The van der Waals surface area contributed by atoms with E-state index < -0.39 is 0 Å². The Kier molecular flexibility index (Phi) is 4.87. The molecule has 98 valence electrons. The van der Waals surface area contributed by atoms with Gasteiger partial charge in [-0.2, -0.15) is 0 Å². The predicted octanol–water partition coefficient (Wildman–Crippen LogP) is 2.75. The van der Waals surface area contributed by atoms with Crippen molar-refractivity contribution in [3.63, 3.8) is 0 Å². The third kappa shape index (κ3) is 4.48. The molecule has 0 radical (unpaired) electrons. The third-order valence-electron chi connectivity index (χ3n) is 2.78. The summed E-state index contributed by atoms with van der Waals surface area (Å²) in [6, 6.07) is 5.97. The Bertz CT molecular complexity index is 433. The number of hydrogen-bond acceptors (Lipinski definition) is 2. The van der Waals surface area contributed by atoms with Crippen LogP contribution in [0.15, 0.2) is 18.2 Å². The highest BCUT2D eigenvalue weighted by Crippen LogP contribution is 2.22. The SMILES string of the molecule is O=C(CCNCc1ccc(Cl)c(Cl)c1)NC1CC1. The summed E-state index contributed by atoms with van der Waals surface area (Å²) in [4.78, 5) is 11.4. The van der Waals surface area contributed by atoms with Crippen LogP contribution in [-0.2, 0) is 11.3 Å². The van der Waals surface area contributed by atoms with E-state index in [-0.39, 0.29) is 5.91 Å². The molecule has 1 aromatic rings. The average molecular weight is 287 g/mol. The molecule has 18 heavy (non-hydrogen) atoms. The molecule has 0 heterocycles. The van der Waals surface area contributed by atoms with Gasteiger partial charge in [0, 0.05) is 25.6 Å². The molecule has 1 amide bonds. The minimum Gasteiger partial charge on any atom is -0.353 e. The van der Waals surface area contributed by atoms with Crippen LogP contribution in [0.3, 0.4) is 0 Å². The standard InChI is InChI=1S/C13H16Cl2N2O/c14-11-4-1-9(7-12(11)15)8-16-6-5-13(18)17-10-2-3-10/h1,4,7,10,16H,2-3,5-6,8H2,(H,17,18). The summed E-state index contributed by atoms with van der Waals surface area (Å²) >= 11 is 11.8. The quantitative estimate of drug-likeness (QED) is 0.790. The Morgan fingerprint density at radius 3 is 2.72 bits per heavy atom. The number of hydrogen-bond donors (Lipinski definition) is 2. The summed E-state index contributed by atoms with van der Waals surface area (Å²) in [6.45, 7) is 1.35. The smallest absolute Gasteiger partial charge is 0.221 e. The number of carbonyl (C=O) groups is 1. The number of carbonyl (C=O) groups excluding carboxylic acids is 1. The Morgan fingerprint density at radius 1 is 1.28 bits per heavy atom. The second kappa shape index (κ2) is 6.41. The molecule has 0 unspecified atom stereocenters. The fraction of sp³-hybridized carbons (Fsp3) is 0.462. The van der Waals surface area contributed by atoms with Gasteiger partial charge in [0.1, 0.15) is 0 Å². The van der Waals surface area contributed by atoms with Crippen LogP contribution in [0.4, 0.5) is 0 Å². The highest BCUT2D eigenvalue weighted by molar-refractivity contribution is 6.42. The average Bonchev–Trinajstić information content (AvgIpc) is 3.13. The molecule has 5 heteroatoms. The maximum absolute atomic E-state index is 11.4. The van der Waals surface area contributed by atoms with Gasteiger partial charge in [-0.05, 0) is 30.5 Å². The summed E-state index contributed by atoms with van der Waals surface area (Å²) in [5.41, 5.74) is 1.06. The van der Waals surface area contributed by atoms with E-state index in [0.717, 1.165) is 18.4 Å². The molecule has 3 nitrogen and oxygen atoms in total. The zero-order chi connectivity index (χ0) is 13.0. The summed E-state index contributed by atoms with van der Waals surface area (Å²) in [5, 5.41) is 7.28. The molecule has 1 saturated carbocycles. The summed E-state index contributed by atoms with van der Waals surface area (Å²) in [5.74, 6) is 0.124. The van der Waals surface area contributed by atoms with Crippen molar-refractivity contribution in [1.82, 2.24) is 10.6 Å². The van der Waals surface area contributed by atoms with Crippen molar-refractivity contribution in [1.29, 1.82) is 0 Å². The van der Waals surface area contributed by atoms with E-state index in [2.05, 4.69) is 10.6 Å². The zero-order valence-corrected chi connectivity index (χ0v) is 11.5. The molecule has 1 aromatic carbocycles. The van der Waals surface area contributed by atoms with Gasteiger partial charge < -0.3 is 10.6 Å². The molecule has 0 saturated heterocycles. The first kappa shape index (κ1) is 13.7. The molecule has 0 bridgehead atoms. The first-order chi connectivity index (χ1) is 8.65. The van der Waals surface area contributed by atoms with Crippen LogP contribution in [0, 0.1) is 0 Å². The summed E-state index contributed by atoms with van der Waals surface area (Å²) < 4.78 is 0. The van der Waals surface area contributed by atoms with Crippen LogP contribution in [-0.4, -0.2) is 18.5 Å². The lowest BCUT2D eigenvalue weighted by Crippen LogP contribution is -2.28. The number of amides is 1. The van der Waals surface area contributed by atoms with E-state index in [1.54, 1.807) is 6.07 Å². The van der Waals surface area contributed by atoms with Crippen LogP contribution in [0.5, 0.6) is 0 Å². The van der Waals surface area contributed by atoms with Gasteiger partial charge >= 0.3 is 0 Å². The van der Waals surface area contributed by atoms with Crippen LogP contribution >= 0.6 is 23.2 Å². The lowest BCUT2D eigenvalue weighted by atomic mass is 10.2. The van der Waals surface area contributed by atoms with Crippen molar-refractivity contribution in [2.24, 2.45) is 0 Å². The monoisotopic (exact) mass is 286 g/mol. The highest BCUT2D eigenvalue weighted by Gasteiger charge is 2.22. The summed E-state index contributed by atoms with van der Waals surface area (Å²) in [6.07, 6.45) is 2.77. The number of rotatable bonds is 6. The van der Waals surface area contributed by atoms with Gasteiger partial charge in [-0.25, -0.2) is 0 Å². The Balaban J connectivity index is 1.64. The van der Waals surface area contributed by atoms with Crippen LogP contribution in [0.25, 0.3) is 0 Å². The van der Waals surface area contributed by atoms with Gasteiger partial charge in [0.2, 0.25) is 5.91 Å². The maximum Gasteiger partial charge on any atom is 0.221 e. The Morgan fingerprint density at radius 2 is 2.06 bits per heavy atom. The van der Waals surface area contributed by atoms with Crippen molar-refractivity contribution in [2.75, 3.05) is 6.54 Å². The van der Waals surface area contributed by atoms with Gasteiger partial charge in [-0.1, -0.05) is 29.3 Å². The van der Waals surface area contributed by atoms with Gasteiger partial charge in [0.15, 0.2) is 0 Å². The zero-order valence-electron chi connectivity index (χ0n) is 10.0. The second-order valence-corrected chi connectivity index (χ2v) is 5.33. The molecule has 1 fully saturated rings. The van der Waals surface area contributed by atoms with Crippen LogP contribution in [0.1, 0.15) is 24.8 Å². The fourth-order valence-electron chi connectivity index (χ4n) is 1.61. The Labute approximate surface area is 117 Å². The first-order valence-electron chi connectivity index (χ1n) is 6.09. The molecule has 2 N–H and O–H groups in total. The first-order valence-corrected chi connectivity index (χ1v) is 6.85. The van der Waals surface area contributed by atoms with Gasteiger partial charge in [-0.15, -0.1) is 0 Å². The molecule has 1 aliphatic carbocycles. The van der Waals surface area contributed by atoms with Gasteiger partial charge in [0.25, 0.3) is 0 Å². The topological polar surface area (TPSA) is 41.1 Å². The summed E-state index contributed by atoms with van der Waals surface area (Å²) in [7, 11) is 0. The van der Waals surface area contributed by atoms with E-state index in [9.17, 15) is 4.79 Å². The predicted molar refractivity (Wildman–Crippen MR) is 74.0 cm³/mol. The number of benzene rings is 1. The molecule has 0 spiro atoms. The number of halogens is 2. The third-order valence-corrected chi connectivity index (χ3v) is 3.52. The Hall–Kier alpha value is -0.770. The van der Waals surface area contributed by atoms with Crippen molar-refractivity contribution >= 4 is 29.1 Å². The lowest BCUT2D eigenvalue weighted by molar-refractivity contribution is -0.121. The molecule has 0 aromatic heterocycles. The molecule has 2 rings (SSSR count). The van der Waals surface area contributed by atoms with Crippen molar-refractivity contribution in [3.05, 3.63) is 33.8 Å². The molecule has 0 atom stereocenters. The minimum atomic E-state index is 0.124. The highest BCUT2D eigenvalue weighted by atomic mass is 35.5. The van der Waals surface area contributed by atoms with Gasteiger partial charge in [-0.3, -0.25) is 4.79 Å². The normalized spacial score (nSPS) is 14.6. The largest absolute Gasteiger partial charge is 0.353 e. The van der Waals surface area contributed by atoms with E-state index in [0.29, 0.717) is 35.6 Å². The van der Waals surface area contributed by atoms with E-state index >= 15 is 0 Å². The number of nitrogens with one attached hydrogen (secondary N) is 2. The molecular formula is C13H16Cl2N2O. The molecule has 0 aliphatic heterocycles. The van der Waals surface area contributed by atoms with Crippen molar-refractivity contribution in [2.45, 2.75) is 31.8 Å². The molecular weight excluding hydrogens is 271 g/mol. The van der Waals surface area contributed by atoms with Crippen LogP contribution in [0.2, 0.25) is 10.0 Å². The van der Waals surface area contributed by atoms with E-state index in [1.165, 1.54) is 0 Å². The molecule has 1 aliphatic rings. The van der Waals surface area contributed by atoms with Crippen molar-refractivity contribution < 1.29 is 4.79 Å². The fourth-order valence-corrected chi connectivity index (χ4v) is 1.93. The van der Waals surface area contributed by atoms with E-state index in [1.807, 2.05) is 12.1 Å². The minimum absolute atomic E-state index is 0.124.